The molecule has 0 amide bonds. The molecule has 1 aliphatic carbocycles. The maximum Gasteiger partial charge on any atom is 0.252 e. The Morgan fingerprint density at radius 2 is 2.29 bits per heavy atom. The Labute approximate surface area is 110 Å². The Kier molecular flexibility index (Phi) is 2.97. The number of sulfonamides is 1. The van der Waals surface area contributed by atoms with Crippen LogP contribution >= 0.6 is 22.9 Å². The van der Waals surface area contributed by atoms with Crippen molar-refractivity contribution >= 4 is 33.0 Å². The van der Waals surface area contributed by atoms with E-state index in [4.69, 9.17) is 11.6 Å². The number of alkyl halides is 1. The summed E-state index contributed by atoms with van der Waals surface area (Å²) < 4.78 is 27.0. The third-order valence-corrected chi connectivity index (χ3v) is 7.40. The third kappa shape index (κ3) is 1.93. The van der Waals surface area contributed by atoms with Gasteiger partial charge in [0.2, 0.25) is 0 Å². The summed E-state index contributed by atoms with van der Waals surface area (Å²) in [6.07, 6.45) is 3.26. The van der Waals surface area contributed by atoms with Crippen LogP contribution in [0.5, 0.6) is 0 Å². The van der Waals surface area contributed by atoms with Crippen LogP contribution in [-0.2, 0) is 15.9 Å². The molecule has 1 aromatic heterocycles. The molecule has 2 heterocycles. The van der Waals surface area contributed by atoms with Crippen molar-refractivity contribution in [2.75, 3.05) is 6.54 Å². The van der Waals surface area contributed by atoms with E-state index in [0.717, 1.165) is 18.4 Å². The van der Waals surface area contributed by atoms with E-state index >= 15 is 0 Å². The maximum absolute atomic E-state index is 12.4. The molecule has 0 N–H and O–H groups in total. The van der Waals surface area contributed by atoms with E-state index in [0.29, 0.717) is 22.6 Å². The molecular weight excluding hydrogens is 278 g/mol. The largest absolute Gasteiger partial charge is 0.252 e. The Hall–Kier alpha value is -0.100. The number of hydrogen-bond donors (Lipinski definition) is 0. The molecule has 0 spiro atoms. The van der Waals surface area contributed by atoms with Gasteiger partial charge < -0.3 is 0 Å². The van der Waals surface area contributed by atoms with Crippen molar-refractivity contribution in [1.29, 1.82) is 0 Å². The van der Waals surface area contributed by atoms with Crippen LogP contribution in [0, 0.1) is 5.92 Å². The van der Waals surface area contributed by atoms with E-state index in [9.17, 15) is 8.42 Å². The fourth-order valence-electron chi connectivity index (χ4n) is 2.85. The van der Waals surface area contributed by atoms with Crippen LogP contribution in [0.4, 0.5) is 0 Å². The number of rotatable bonds is 3. The molecule has 94 valence electrons. The topological polar surface area (TPSA) is 37.4 Å². The van der Waals surface area contributed by atoms with Crippen molar-refractivity contribution < 1.29 is 8.42 Å². The highest BCUT2D eigenvalue weighted by atomic mass is 35.5. The fourth-order valence-corrected chi connectivity index (χ4v) is 6.17. The Bertz CT molecular complexity index is 525. The first-order chi connectivity index (χ1) is 8.11. The minimum Gasteiger partial charge on any atom is -0.206 e. The summed E-state index contributed by atoms with van der Waals surface area (Å²) in [5.74, 6) is 0.958. The highest BCUT2D eigenvalue weighted by Crippen LogP contribution is 2.41. The molecule has 1 saturated carbocycles. The summed E-state index contributed by atoms with van der Waals surface area (Å²) in [6.45, 7) is 0.709. The average Bonchev–Trinajstić information content (AvgIpc) is 3.04. The van der Waals surface area contributed by atoms with Crippen molar-refractivity contribution in [3.63, 3.8) is 0 Å². The molecular formula is C11H14ClNO2S2. The number of nitrogens with zero attached hydrogens (tertiary/aromatic N) is 1. The number of thiophene rings is 1. The molecule has 1 saturated heterocycles. The van der Waals surface area contributed by atoms with Gasteiger partial charge in [-0.1, -0.05) is 0 Å². The van der Waals surface area contributed by atoms with Crippen LogP contribution < -0.4 is 0 Å². The molecule has 2 fully saturated rings. The fraction of sp³-hybridized carbons (Fsp3) is 0.636. The highest BCUT2D eigenvalue weighted by Gasteiger charge is 2.44. The predicted molar refractivity (Wildman–Crippen MR) is 68.9 cm³/mol. The minimum absolute atomic E-state index is 0.242. The van der Waals surface area contributed by atoms with Crippen LogP contribution in [0.2, 0.25) is 0 Å². The number of hydrogen-bond acceptors (Lipinski definition) is 3. The van der Waals surface area contributed by atoms with Gasteiger partial charge in [-0.15, -0.1) is 22.9 Å². The van der Waals surface area contributed by atoms with Crippen LogP contribution in [0.15, 0.2) is 15.7 Å². The lowest BCUT2D eigenvalue weighted by Crippen LogP contribution is -2.37. The summed E-state index contributed by atoms with van der Waals surface area (Å²) in [4.78, 5) is 0. The lowest BCUT2D eigenvalue weighted by atomic mass is 10.1. The smallest absolute Gasteiger partial charge is 0.206 e. The first-order valence-corrected chi connectivity index (χ1v) is 8.62. The van der Waals surface area contributed by atoms with Crippen molar-refractivity contribution in [3.05, 3.63) is 17.0 Å². The SMILES string of the molecule is O=S(=O)(c1cc(CCl)cs1)N1CC2CCC1C2. The average molecular weight is 292 g/mol. The molecule has 2 unspecified atom stereocenters. The van der Waals surface area contributed by atoms with Crippen molar-refractivity contribution in [3.8, 4) is 0 Å². The molecule has 1 aliphatic heterocycles. The van der Waals surface area contributed by atoms with Gasteiger partial charge >= 0.3 is 0 Å². The van der Waals surface area contributed by atoms with Crippen molar-refractivity contribution in [2.24, 2.45) is 5.92 Å². The summed E-state index contributed by atoms with van der Waals surface area (Å²) in [6, 6.07) is 1.95. The third-order valence-electron chi connectivity index (χ3n) is 3.71. The van der Waals surface area contributed by atoms with E-state index < -0.39 is 10.0 Å². The number of halogens is 1. The molecule has 1 aromatic rings. The first-order valence-electron chi connectivity index (χ1n) is 5.76. The number of fused-ring (bicyclic) bond motifs is 2. The van der Waals surface area contributed by atoms with Gasteiger partial charge in [-0.05, 0) is 42.2 Å². The second-order valence-electron chi connectivity index (χ2n) is 4.82. The predicted octanol–water partition coefficient (Wildman–Crippen LogP) is 2.66. The first kappa shape index (κ1) is 12.0. The van der Waals surface area contributed by atoms with Crippen LogP contribution in [0.3, 0.4) is 0 Å². The summed E-state index contributed by atoms with van der Waals surface area (Å²) in [5.41, 5.74) is 0.889. The highest BCUT2D eigenvalue weighted by molar-refractivity contribution is 7.91. The zero-order valence-corrected chi connectivity index (χ0v) is 11.7. The van der Waals surface area contributed by atoms with E-state index in [1.807, 2.05) is 5.38 Å². The molecule has 2 atom stereocenters. The van der Waals surface area contributed by atoms with Gasteiger partial charge in [0.25, 0.3) is 10.0 Å². The molecule has 2 aliphatic rings. The monoisotopic (exact) mass is 291 g/mol. The van der Waals surface area contributed by atoms with Gasteiger partial charge in [0.05, 0.1) is 0 Å². The quantitative estimate of drug-likeness (QED) is 0.803. The zero-order valence-electron chi connectivity index (χ0n) is 9.30. The Morgan fingerprint density at radius 1 is 1.47 bits per heavy atom. The van der Waals surface area contributed by atoms with Gasteiger partial charge in [0.15, 0.2) is 0 Å². The van der Waals surface area contributed by atoms with Crippen molar-refractivity contribution in [1.82, 2.24) is 4.31 Å². The van der Waals surface area contributed by atoms with E-state index in [1.165, 1.54) is 17.8 Å². The summed E-state index contributed by atoms with van der Waals surface area (Å²) in [7, 11) is -3.27. The van der Waals surface area contributed by atoms with Crippen molar-refractivity contribution in [2.45, 2.75) is 35.4 Å². The Morgan fingerprint density at radius 3 is 2.82 bits per heavy atom. The summed E-state index contributed by atoms with van der Waals surface area (Å²) in [5, 5.41) is 1.83. The van der Waals surface area contributed by atoms with E-state index in [2.05, 4.69) is 0 Å². The van der Waals surface area contributed by atoms with Crippen LogP contribution in [0.25, 0.3) is 0 Å². The molecule has 2 bridgehead atoms. The van der Waals surface area contributed by atoms with Gasteiger partial charge in [0.1, 0.15) is 4.21 Å². The van der Waals surface area contributed by atoms with Gasteiger partial charge in [-0.25, -0.2) is 8.42 Å². The normalized spacial score (nSPS) is 29.0. The van der Waals surface area contributed by atoms with Crippen LogP contribution in [-0.4, -0.2) is 25.3 Å². The molecule has 6 heteroatoms. The van der Waals surface area contributed by atoms with E-state index in [1.54, 1.807) is 10.4 Å². The second kappa shape index (κ2) is 4.23. The summed E-state index contributed by atoms with van der Waals surface area (Å²) >= 11 is 6.99. The standard InChI is InChI=1S/C11H14ClNO2S2/c12-5-9-4-11(16-7-9)17(14,15)13-6-8-1-2-10(13)3-8/h4,7-8,10H,1-3,5-6H2. The molecule has 3 rings (SSSR count). The molecule has 3 nitrogen and oxygen atoms in total. The van der Waals surface area contributed by atoms with Gasteiger partial charge in [-0.3, -0.25) is 0 Å². The molecule has 0 aromatic carbocycles. The van der Waals surface area contributed by atoms with Gasteiger partial charge in [-0.2, -0.15) is 4.31 Å². The molecule has 0 radical (unpaired) electrons. The molecule has 17 heavy (non-hydrogen) atoms. The van der Waals surface area contributed by atoms with E-state index in [-0.39, 0.29) is 6.04 Å². The van der Waals surface area contributed by atoms with Crippen LogP contribution in [0.1, 0.15) is 24.8 Å². The maximum atomic E-state index is 12.4. The second-order valence-corrected chi connectivity index (χ2v) is 8.11. The Balaban J connectivity index is 1.90. The lowest BCUT2D eigenvalue weighted by molar-refractivity contribution is 0.334. The zero-order chi connectivity index (χ0) is 12.0. The van der Waals surface area contributed by atoms with Gasteiger partial charge in [0, 0.05) is 18.5 Å². The number of piperidine rings is 1. The lowest BCUT2D eigenvalue weighted by Gasteiger charge is -2.25. The minimum atomic E-state index is -3.27.